The topological polar surface area (TPSA) is 90.7 Å². The van der Waals surface area contributed by atoms with Gasteiger partial charge in [-0.25, -0.2) is 13.2 Å². The molecule has 0 atom stereocenters. The van der Waals surface area contributed by atoms with E-state index < -0.39 is 58.0 Å². The van der Waals surface area contributed by atoms with Gasteiger partial charge in [-0.05, 0) is 6.07 Å². The summed E-state index contributed by atoms with van der Waals surface area (Å²) in [7, 11) is 1.21. The van der Waals surface area contributed by atoms with Crippen LogP contribution in [0.4, 0.5) is 33.3 Å². The fourth-order valence-electron chi connectivity index (χ4n) is 1.94. The molecule has 0 unspecified atom stereocenters. The highest BCUT2D eigenvalue weighted by molar-refractivity contribution is 5.93. The van der Waals surface area contributed by atoms with Crippen molar-refractivity contribution in [3.63, 3.8) is 0 Å². The molecular formula is C15H9F5N2O5. The number of halogens is 5. The lowest BCUT2D eigenvalue weighted by Gasteiger charge is -2.12. The van der Waals surface area contributed by atoms with Gasteiger partial charge in [0.2, 0.25) is 29.1 Å². The largest absolute Gasteiger partial charge is 0.495 e. The number of carbonyl (C=O) groups is 1. The molecule has 1 N–H and O–H groups in total. The summed E-state index contributed by atoms with van der Waals surface area (Å²) in [5, 5.41) is 12.9. The van der Waals surface area contributed by atoms with Crippen LogP contribution in [0.2, 0.25) is 0 Å². The molecule has 0 aliphatic heterocycles. The number of carbonyl (C=O) groups excluding carboxylic acids is 1. The Labute approximate surface area is 147 Å². The van der Waals surface area contributed by atoms with Gasteiger partial charge in [-0.3, -0.25) is 14.9 Å². The third-order valence-electron chi connectivity index (χ3n) is 3.19. The molecule has 0 fully saturated rings. The van der Waals surface area contributed by atoms with E-state index in [0.717, 1.165) is 12.1 Å². The zero-order chi connectivity index (χ0) is 20.3. The molecule has 0 saturated heterocycles. The number of amides is 1. The van der Waals surface area contributed by atoms with Crippen LogP contribution in [-0.2, 0) is 4.79 Å². The number of non-ortho nitro benzene ring substituents is 1. The first-order valence-electron chi connectivity index (χ1n) is 6.93. The van der Waals surface area contributed by atoms with Crippen LogP contribution in [-0.4, -0.2) is 24.5 Å². The fraction of sp³-hybridized carbons (Fsp3) is 0.133. The van der Waals surface area contributed by atoms with E-state index in [1.54, 1.807) is 0 Å². The lowest BCUT2D eigenvalue weighted by Crippen LogP contribution is -2.22. The molecule has 0 heterocycles. The lowest BCUT2D eigenvalue weighted by atomic mass is 10.2. The van der Waals surface area contributed by atoms with Gasteiger partial charge in [0.05, 0.1) is 17.7 Å². The summed E-state index contributed by atoms with van der Waals surface area (Å²) in [5.74, 6) is -14.0. The van der Waals surface area contributed by atoms with Gasteiger partial charge in [0.15, 0.2) is 12.4 Å². The van der Waals surface area contributed by atoms with E-state index in [4.69, 9.17) is 4.74 Å². The average molecular weight is 392 g/mol. The molecule has 0 bridgehead atoms. The molecule has 7 nitrogen and oxygen atoms in total. The van der Waals surface area contributed by atoms with Crippen LogP contribution in [0, 0.1) is 39.2 Å². The molecule has 0 aliphatic carbocycles. The van der Waals surface area contributed by atoms with Crippen molar-refractivity contribution in [1.29, 1.82) is 0 Å². The second-order valence-corrected chi connectivity index (χ2v) is 4.88. The van der Waals surface area contributed by atoms with E-state index in [9.17, 15) is 36.9 Å². The van der Waals surface area contributed by atoms with Crippen molar-refractivity contribution in [2.24, 2.45) is 0 Å². The number of nitro benzene ring substituents is 1. The summed E-state index contributed by atoms with van der Waals surface area (Å²) in [5.41, 5.74) is -0.565. The molecule has 0 spiro atoms. The number of benzene rings is 2. The molecule has 2 rings (SSSR count). The van der Waals surface area contributed by atoms with Gasteiger partial charge in [-0.1, -0.05) is 0 Å². The van der Waals surface area contributed by atoms with Crippen molar-refractivity contribution in [2.75, 3.05) is 19.0 Å². The Morgan fingerprint density at radius 3 is 2.15 bits per heavy atom. The van der Waals surface area contributed by atoms with Crippen molar-refractivity contribution >= 4 is 17.3 Å². The Bertz CT molecular complexity index is 893. The first-order valence-corrected chi connectivity index (χ1v) is 6.93. The number of nitrogens with zero attached hydrogens (tertiary/aromatic N) is 1. The van der Waals surface area contributed by atoms with Gasteiger partial charge in [0.1, 0.15) is 5.75 Å². The Balaban J connectivity index is 2.19. The minimum absolute atomic E-state index is 0.0187. The second kappa shape index (κ2) is 7.85. The summed E-state index contributed by atoms with van der Waals surface area (Å²) in [6, 6.07) is 3.22. The number of ether oxygens (including phenoxy) is 2. The van der Waals surface area contributed by atoms with Crippen LogP contribution in [0.3, 0.4) is 0 Å². The van der Waals surface area contributed by atoms with Crippen molar-refractivity contribution in [1.82, 2.24) is 0 Å². The van der Waals surface area contributed by atoms with Crippen LogP contribution in [0.1, 0.15) is 0 Å². The Morgan fingerprint density at radius 2 is 1.63 bits per heavy atom. The molecule has 12 heteroatoms. The molecule has 0 aliphatic rings. The van der Waals surface area contributed by atoms with Crippen LogP contribution >= 0.6 is 0 Å². The molecule has 0 aromatic heterocycles. The number of rotatable bonds is 6. The quantitative estimate of drug-likeness (QED) is 0.268. The minimum atomic E-state index is -2.37. The van der Waals surface area contributed by atoms with E-state index in [-0.39, 0.29) is 11.4 Å². The van der Waals surface area contributed by atoms with Gasteiger partial charge in [-0.2, -0.15) is 8.78 Å². The average Bonchev–Trinajstić information content (AvgIpc) is 2.64. The highest BCUT2D eigenvalue weighted by Crippen LogP contribution is 2.30. The predicted octanol–water partition coefficient (Wildman–Crippen LogP) is 3.32. The molecule has 0 radical (unpaired) electrons. The molecule has 0 saturated carbocycles. The highest BCUT2D eigenvalue weighted by Gasteiger charge is 2.27. The maximum Gasteiger partial charge on any atom is 0.271 e. The van der Waals surface area contributed by atoms with Crippen molar-refractivity contribution in [3.8, 4) is 11.5 Å². The Kier molecular flexibility index (Phi) is 5.78. The molecule has 27 heavy (non-hydrogen) atoms. The van der Waals surface area contributed by atoms with Gasteiger partial charge in [-0.15, -0.1) is 0 Å². The highest BCUT2D eigenvalue weighted by atomic mass is 19.2. The monoisotopic (exact) mass is 392 g/mol. The van der Waals surface area contributed by atoms with Gasteiger partial charge in [0, 0.05) is 12.1 Å². The summed E-state index contributed by atoms with van der Waals surface area (Å²) >= 11 is 0. The third-order valence-corrected chi connectivity index (χ3v) is 3.19. The number of nitro groups is 1. The van der Waals surface area contributed by atoms with Crippen molar-refractivity contribution in [3.05, 3.63) is 57.4 Å². The van der Waals surface area contributed by atoms with Gasteiger partial charge in [0.25, 0.3) is 11.6 Å². The smallest absolute Gasteiger partial charge is 0.271 e. The van der Waals surface area contributed by atoms with E-state index in [1.165, 1.54) is 13.2 Å². The number of anilines is 1. The second-order valence-electron chi connectivity index (χ2n) is 4.88. The lowest BCUT2D eigenvalue weighted by molar-refractivity contribution is -0.384. The number of hydrogen-bond acceptors (Lipinski definition) is 5. The fourth-order valence-corrected chi connectivity index (χ4v) is 1.94. The number of methoxy groups -OCH3 is 1. The molecule has 144 valence electrons. The summed E-state index contributed by atoms with van der Waals surface area (Å²) in [6.45, 7) is -1.15. The minimum Gasteiger partial charge on any atom is -0.495 e. The van der Waals surface area contributed by atoms with E-state index >= 15 is 0 Å². The van der Waals surface area contributed by atoms with Gasteiger partial charge >= 0.3 is 0 Å². The van der Waals surface area contributed by atoms with Crippen LogP contribution in [0.15, 0.2) is 18.2 Å². The predicted molar refractivity (Wildman–Crippen MR) is 80.0 cm³/mol. The zero-order valence-electron chi connectivity index (χ0n) is 13.3. The SMILES string of the molecule is COc1ccc([N+](=O)[O-])cc1NC(=O)COc1c(F)c(F)c(F)c(F)c1F. The standard InChI is InChI=1S/C15H9F5N2O5/c1-26-8-3-2-6(22(24)25)4-7(8)21-9(23)5-27-15-13(19)11(17)10(16)12(18)14(15)20/h2-4H,5H2,1H3,(H,21,23). The molecular weight excluding hydrogens is 383 g/mol. The Morgan fingerprint density at radius 1 is 1.07 bits per heavy atom. The molecule has 1 amide bonds. The zero-order valence-corrected chi connectivity index (χ0v) is 13.3. The summed E-state index contributed by atoms with van der Waals surface area (Å²) < 4.78 is 75.3. The normalized spacial score (nSPS) is 10.4. The Hall–Kier alpha value is -3.44. The van der Waals surface area contributed by atoms with Gasteiger partial charge < -0.3 is 14.8 Å². The van der Waals surface area contributed by atoms with E-state index in [0.29, 0.717) is 0 Å². The number of nitrogens with one attached hydrogen (secondary N) is 1. The summed E-state index contributed by atoms with van der Waals surface area (Å²) in [4.78, 5) is 21.8. The first-order chi connectivity index (χ1) is 12.7. The maximum absolute atomic E-state index is 13.5. The van der Waals surface area contributed by atoms with Crippen LogP contribution < -0.4 is 14.8 Å². The molecule has 2 aromatic rings. The van der Waals surface area contributed by atoms with Crippen molar-refractivity contribution in [2.45, 2.75) is 0 Å². The van der Waals surface area contributed by atoms with Crippen LogP contribution in [0.25, 0.3) is 0 Å². The molecule has 2 aromatic carbocycles. The summed E-state index contributed by atoms with van der Waals surface area (Å²) in [6.07, 6.45) is 0. The van der Waals surface area contributed by atoms with E-state index in [1.807, 2.05) is 0 Å². The maximum atomic E-state index is 13.5. The number of hydrogen-bond donors (Lipinski definition) is 1. The van der Waals surface area contributed by atoms with Crippen LogP contribution in [0.5, 0.6) is 11.5 Å². The first kappa shape index (κ1) is 19.9. The third kappa shape index (κ3) is 4.04. The van der Waals surface area contributed by atoms with Crippen molar-refractivity contribution < 1.29 is 41.1 Å². The van der Waals surface area contributed by atoms with E-state index in [2.05, 4.69) is 10.1 Å².